The number of aromatic hydroxyl groups is 1. The quantitative estimate of drug-likeness (QED) is 0.237. The fourth-order valence-corrected chi connectivity index (χ4v) is 4.91. The Morgan fingerprint density at radius 2 is 1.70 bits per heavy atom. The summed E-state index contributed by atoms with van der Waals surface area (Å²) in [5, 5.41) is 21.9. The predicted molar refractivity (Wildman–Crippen MR) is 145 cm³/mol. The second-order valence-corrected chi connectivity index (χ2v) is 9.74. The first kappa shape index (κ1) is 23.2. The average Bonchev–Trinajstić information content (AvgIpc) is 3.18. The monoisotopic (exact) mass is 555 g/mol. The van der Waals surface area contributed by atoms with E-state index in [-0.39, 0.29) is 18.2 Å². The molecule has 0 spiro atoms. The molecule has 1 amide bonds. The van der Waals surface area contributed by atoms with Crippen LogP contribution in [0.3, 0.4) is 0 Å². The van der Waals surface area contributed by atoms with Gasteiger partial charge < -0.3 is 19.1 Å². The summed E-state index contributed by atoms with van der Waals surface area (Å²) in [5.74, 6) is 0.447. The van der Waals surface area contributed by atoms with Gasteiger partial charge in [0.25, 0.3) is 0 Å². The molecular formula is C29H22BrN3O4. The lowest BCUT2D eigenvalue weighted by Crippen LogP contribution is -2.35. The highest BCUT2D eigenvalue weighted by Crippen LogP contribution is 2.41. The average molecular weight is 556 g/mol. The van der Waals surface area contributed by atoms with E-state index >= 15 is 0 Å². The number of amides is 1. The van der Waals surface area contributed by atoms with Crippen molar-refractivity contribution in [3.63, 3.8) is 0 Å². The molecule has 7 nitrogen and oxygen atoms in total. The zero-order valence-electron chi connectivity index (χ0n) is 19.7. The van der Waals surface area contributed by atoms with Crippen LogP contribution in [-0.4, -0.2) is 28.3 Å². The van der Waals surface area contributed by atoms with Crippen molar-refractivity contribution < 1.29 is 19.4 Å². The van der Waals surface area contributed by atoms with E-state index < -0.39 is 12.0 Å². The third-order valence-electron chi connectivity index (χ3n) is 6.43. The number of rotatable bonds is 5. The molecule has 1 N–H and O–H groups in total. The van der Waals surface area contributed by atoms with E-state index in [2.05, 4.69) is 26.2 Å². The van der Waals surface area contributed by atoms with E-state index in [1.165, 1.54) is 0 Å². The number of aryl methyl sites for hydroxylation is 2. The third-order valence-corrected chi connectivity index (χ3v) is 6.93. The second kappa shape index (κ2) is 9.71. The highest BCUT2D eigenvalue weighted by atomic mass is 79.9. The lowest BCUT2D eigenvalue weighted by molar-refractivity contribution is -0.127. The molecule has 0 fully saturated rings. The Kier molecular flexibility index (Phi) is 6.10. The van der Waals surface area contributed by atoms with Gasteiger partial charge in [0.1, 0.15) is 6.61 Å². The second-order valence-electron chi connectivity index (χ2n) is 8.82. The molecule has 0 aliphatic carbocycles. The van der Waals surface area contributed by atoms with Crippen molar-refractivity contribution in [2.75, 3.05) is 6.61 Å². The van der Waals surface area contributed by atoms with Crippen molar-refractivity contribution in [3.8, 4) is 17.4 Å². The Morgan fingerprint density at radius 1 is 0.973 bits per heavy atom. The number of hydrogen-bond donors (Lipinski definition) is 1. The number of ether oxygens (including phenoxy) is 2. The lowest BCUT2D eigenvalue weighted by Gasteiger charge is -2.24. The van der Waals surface area contributed by atoms with Crippen LogP contribution in [-0.2, 0) is 17.8 Å². The van der Waals surface area contributed by atoms with Crippen molar-refractivity contribution in [1.82, 2.24) is 4.57 Å². The summed E-state index contributed by atoms with van der Waals surface area (Å²) in [6.07, 6.45) is -0.205. The van der Waals surface area contributed by atoms with Crippen LogP contribution >= 0.6 is 15.9 Å². The highest BCUT2D eigenvalue weighted by Gasteiger charge is 2.28. The number of hydrogen-bond acceptors (Lipinski definition) is 5. The van der Waals surface area contributed by atoms with Crippen LogP contribution in [0, 0.1) is 0 Å². The van der Waals surface area contributed by atoms with Gasteiger partial charge in [0.2, 0.25) is 12.0 Å². The molecule has 0 saturated carbocycles. The summed E-state index contributed by atoms with van der Waals surface area (Å²) in [7, 11) is 0. The summed E-state index contributed by atoms with van der Waals surface area (Å²) in [4.78, 5) is 12.9. The normalized spacial score (nSPS) is 15.0. The molecule has 1 aliphatic rings. The molecule has 0 saturated heterocycles. The first-order chi connectivity index (χ1) is 18.1. The number of azo groups is 1. The van der Waals surface area contributed by atoms with Crippen molar-refractivity contribution >= 4 is 49.2 Å². The van der Waals surface area contributed by atoms with Crippen LogP contribution in [0.1, 0.15) is 5.56 Å². The number of halogens is 1. The molecule has 184 valence electrons. The Hall–Kier alpha value is -4.17. The van der Waals surface area contributed by atoms with Gasteiger partial charge >= 0.3 is 5.91 Å². The van der Waals surface area contributed by atoms with Crippen molar-refractivity contribution in [3.05, 3.63) is 95.0 Å². The van der Waals surface area contributed by atoms with Gasteiger partial charge in [-0.2, -0.15) is 0 Å². The molecule has 0 unspecified atom stereocenters. The number of aromatic nitrogens is 1. The molecule has 4 aromatic carbocycles. The van der Waals surface area contributed by atoms with Crippen molar-refractivity contribution in [1.29, 1.82) is 0 Å². The van der Waals surface area contributed by atoms with E-state index in [1.54, 1.807) is 4.57 Å². The Bertz CT molecular complexity index is 1660. The van der Waals surface area contributed by atoms with Gasteiger partial charge in [-0.1, -0.05) is 70.5 Å². The number of carbonyl (C=O) groups excluding carboxylic acids is 1. The molecule has 37 heavy (non-hydrogen) atoms. The molecule has 0 radical (unpaired) electrons. The molecule has 6 rings (SSSR count). The van der Waals surface area contributed by atoms with Gasteiger partial charge in [-0.05, 0) is 53.1 Å². The van der Waals surface area contributed by atoms with Crippen LogP contribution in [0.2, 0.25) is 0 Å². The fraction of sp³-hybridized carbons (Fsp3) is 0.138. The smallest absolute Gasteiger partial charge is 0.308 e. The Balaban J connectivity index is 1.26. The van der Waals surface area contributed by atoms with Crippen molar-refractivity contribution in [2.45, 2.75) is 19.1 Å². The number of benzene rings is 4. The van der Waals surface area contributed by atoms with E-state index in [4.69, 9.17) is 9.47 Å². The topological polar surface area (TPSA) is 85.4 Å². The summed E-state index contributed by atoms with van der Waals surface area (Å²) in [6.45, 7) is 0.571. The molecule has 2 heterocycles. The lowest BCUT2D eigenvalue weighted by atomic mass is 10.1. The first-order valence-electron chi connectivity index (χ1n) is 11.9. The molecular weight excluding hydrogens is 534 g/mol. The van der Waals surface area contributed by atoms with E-state index in [0.717, 1.165) is 32.7 Å². The molecule has 8 heteroatoms. The highest BCUT2D eigenvalue weighted by molar-refractivity contribution is 9.10. The molecule has 0 bridgehead atoms. The van der Waals surface area contributed by atoms with E-state index in [9.17, 15) is 9.90 Å². The van der Waals surface area contributed by atoms with Gasteiger partial charge in [-0.15, -0.1) is 10.2 Å². The standard InChI is InChI=1S/C29H22BrN3O4/c30-21-10-11-23-22(16-21)27(29(35)33(23)13-12-18-6-2-1-3-7-18)31-32-28(34)26-17-36-24-14-19-8-4-5-9-20(19)15-25(24)37-26/h1-11,14-16,26,35H,12-13,17H2/t26-/m1/s1. The summed E-state index contributed by atoms with van der Waals surface area (Å²) < 4.78 is 14.3. The van der Waals surface area contributed by atoms with Crippen molar-refractivity contribution in [2.24, 2.45) is 10.2 Å². The van der Waals surface area contributed by atoms with Crippen LogP contribution in [0.5, 0.6) is 17.4 Å². The minimum absolute atomic E-state index is 0.0273. The number of fused-ring (bicyclic) bond motifs is 3. The van der Waals surface area contributed by atoms with Gasteiger partial charge in [0, 0.05) is 16.4 Å². The zero-order valence-corrected chi connectivity index (χ0v) is 21.3. The minimum Gasteiger partial charge on any atom is -0.493 e. The Morgan fingerprint density at radius 3 is 2.49 bits per heavy atom. The SMILES string of the molecule is O=C(N=Nc1c(O)n(CCc2ccccc2)c2ccc(Br)cc12)[C@H]1COc2cc3ccccc3cc2O1. The third kappa shape index (κ3) is 4.56. The maximum absolute atomic E-state index is 12.9. The summed E-state index contributed by atoms with van der Waals surface area (Å²) in [5.41, 5.74) is 2.19. The van der Waals surface area contributed by atoms with Gasteiger partial charge in [0.15, 0.2) is 17.2 Å². The predicted octanol–water partition coefficient (Wildman–Crippen LogP) is 6.96. The van der Waals surface area contributed by atoms with Crippen LogP contribution in [0.4, 0.5) is 5.69 Å². The van der Waals surface area contributed by atoms with Crippen LogP contribution in [0.25, 0.3) is 21.7 Å². The minimum atomic E-state index is -0.933. The van der Waals surface area contributed by atoms with E-state index in [0.29, 0.717) is 23.4 Å². The zero-order chi connectivity index (χ0) is 25.4. The summed E-state index contributed by atoms with van der Waals surface area (Å²) >= 11 is 3.48. The molecule has 1 atom stereocenters. The van der Waals surface area contributed by atoms with Gasteiger partial charge in [0.05, 0.1) is 5.52 Å². The van der Waals surface area contributed by atoms with Crippen LogP contribution < -0.4 is 9.47 Å². The van der Waals surface area contributed by atoms with Crippen LogP contribution in [0.15, 0.2) is 99.6 Å². The Labute approximate surface area is 221 Å². The summed E-state index contributed by atoms with van der Waals surface area (Å²) in [6, 6.07) is 27.3. The fourth-order valence-electron chi connectivity index (χ4n) is 4.55. The molecule has 5 aromatic rings. The first-order valence-corrected chi connectivity index (χ1v) is 12.7. The number of carbonyl (C=O) groups is 1. The van der Waals surface area contributed by atoms with Gasteiger partial charge in [-0.25, -0.2) is 0 Å². The number of nitrogens with zero attached hydrogens (tertiary/aromatic N) is 3. The largest absolute Gasteiger partial charge is 0.493 e. The van der Waals surface area contributed by atoms with E-state index in [1.807, 2.05) is 84.9 Å². The maximum atomic E-state index is 12.9. The molecule has 1 aromatic heterocycles. The maximum Gasteiger partial charge on any atom is 0.308 e. The van der Waals surface area contributed by atoms with Gasteiger partial charge in [-0.3, -0.25) is 4.79 Å². The molecule has 1 aliphatic heterocycles.